The van der Waals surface area contributed by atoms with Crippen molar-refractivity contribution in [3.63, 3.8) is 0 Å². The van der Waals surface area contributed by atoms with Gasteiger partial charge in [-0.05, 0) is 17.9 Å². The van der Waals surface area contributed by atoms with E-state index in [1.807, 2.05) is 0 Å². The van der Waals surface area contributed by atoms with Gasteiger partial charge in [0.05, 0.1) is 0 Å². The average molecular weight is 313 g/mol. The number of carboxylic acids is 1. The summed E-state index contributed by atoms with van der Waals surface area (Å²) in [5.74, 6) is -1.30. The van der Waals surface area contributed by atoms with Crippen LogP contribution >= 0.6 is 0 Å². The molecule has 1 aromatic heterocycles. The molecule has 1 aromatic rings. The fourth-order valence-electron chi connectivity index (χ4n) is 0.437. The first-order valence-electron chi connectivity index (χ1n) is 2.35. The SMILES string of the molecule is O=C([O-])c1[c-]cccn1.[Ir+3]. The van der Waals surface area contributed by atoms with Crippen molar-refractivity contribution in [2.75, 3.05) is 0 Å². The number of nitrogens with zero attached hydrogens (tertiary/aromatic N) is 1. The van der Waals surface area contributed by atoms with E-state index in [9.17, 15) is 9.90 Å². The van der Waals surface area contributed by atoms with Crippen LogP contribution in [0.15, 0.2) is 18.3 Å². The van der Waals surface area contributed by atoms with Gasteiger partial charge in [-0.15, -0.1) is 6.07 Å². The molecule has 1 rings (SSSR count). The molecular formula is C6H3IrNO2+. The maximum atomic E-state index is 10.00. The normalized spacial score (nSPS) is 8.00. The van der Waals surface area contributed by atoms with Crippen LogP contribution in [0.3, 0.4) is 0 Å². The van der Waals surface area contributed by atoms with Crippen LogP contribution in [0.2, 0.25) is 0 Å². The summed E-state index contributed by atoms with van der Waals surface area (Å²) in [6, 6.07) is 5.45. The monoisotopic (exact) mass is 314 g/mol. The molecule has 0 N–H and O–H groups in total. The van der Waals surface area contributed by atoms with Crippen LogP contribution in [-0.2, 0) is 20.1 Å². The molecule has 0 atom stereocenters. The first-order chi connectivity index (χ1) is 4.30. The van der Waals surface area contributed by atoms with Crippen LogP contribution in [-0.4, -0.2) is 11.0 Å². The third-order valence-electron chi connectivity index (χ3n) is 0.799. The van der Waals surface area contributed by atoms with Gasteiger partial charge < -0.3 is 9.90 Å². The number of hydrogen-bond acceptors (Lipinski definition) is 3. The van der Waals surface area contributed by atoms with Crippen LogP contribution in [0.4, 0.5) is 0 Å². The van der Waals surface area contributed by atoms with E-state index in [4.69, 9.17) is 0 Å². The number of pyridine rings is 1. The second kappa shape index (κ2) is 4.14. The maximum Gasteiger partial charge on any atom is 3.00 e. The van der Waals surface area contributed by atoms with Crippen molar-refractivity contribution in [3.8, 4) is 0 Å². The van der Waals surface area contributed by atoms with Crippen LogP contribution in [0.1, 0.15) is 10.5 Å². The Labute approximate surface area is 71.5 Å². The largest absolute Gasteiger partial charge is 3.00 e. The minimum absolute atomic E-state index is 0. The Bertz CT molecular complexity index is 212. The quantitative estimate of drug-likeness (QED) is 0.641. The molecule has 52 valence electrons. The zero-order valence-electron chi connectivity index (χ0n) is 4.83. The third-order valence-corrected chi connectivity index (χ3v) is 0.799. The Morgan fingerprint density at radius 1 is 1.70 bits per heavy atom. The van der Waals surface area contributed by atoms with Gasteiger partial charge in [0.15, 0.2) is 0 Å². The smallest absolute Gasteiger partial charge is 0.619 e. The molecule has 0 aromatic carbocycles. The molecule has 0 fully saturated rings. The number of hydrogen-bond donors (Lipinski definition) is 0. The Balaban J connectivity index is 0.000000810. The van der Waals surface area contributed by atoms with Crippen LogP contribution in [0, 0.1) is 6.07 Å². The molecule has 0 aliphatic rings. The van der Waals surface area contributed by atoms with Crippen molar-refractivity contribution in [3.05, 3.63) is 30.1 Å². The third kappa shape index (κ3) is 2.25. The standard InChI is InChI=1S/C6H4NO2.Ir/c8-6(9)5-3-1-2-4-7-5;/h1-2,4H,(H,8,9);/q-1;+3/p-1. The van der Waals surface area contributed by atoms with Gasteiger partial charge in [0.25, 0.3) is 0 Å². The van der Waals surface area contributed by atoms with Gasteiger partial charge in [0, 0.05) is 0 Å². The van der Waals surface area contributed by atoms with Crippen molar-refractivity contribution in [1.82, 2.24) is 4.98 Å². The van der Waals surface area contributed by atoms with Crippen LogP contribution in [0.5, 0.6) is 0 Å². The van der Waals surface area contributed by atoms with Crippen molar-refractivity contribution in [1.29, 1.82) is 0 Å². The minimum Gasteiger partial charge on any atom is -0.619 e. The Morgan fingerprint density at radius 2 is 2.40 bits per heavy atom. The molecule has 0 radical (unpaired) electrons. The van der Waals surface area contributed by atoms with E-state index in [2.05, 4.69) is 11.1 Å². The Morgan fingerprint density at radius 3 is 2.70 bits per heavy atom. The molecule has 0 saturated carbocycles. The molecule has 0 unspecified atom stereocenters. The topological polar surface area (TPSA) is 53.0 Å². The molecular weight excluding hydrogens is 310 g/mol. The van der Waals surface area contributed by atoms with Gasteiger partial charge in [-0.3, -0.25) is 4.98 Å². The minimum atomic E-state index is -1.30. The number of carbonyl (C=O) groups is 1. The summed E-state index contributed by atoms with van der Waals surface area (Å²) < 4.78 is 0. The molecule has 10 heavy (non-hydrogen) atoms. The predicted molar refractivity (Wildman–Crippen MR) is 27.4 cm³/mol. The number of carboxylic acid groups (broad SMARTS) is 1. The van der Waals surface area contributed by atoms with Crippen LogP contribution < -0.4 is 5.11 Å². The molecule has 0 bridgehead atoms. The summed E-state index contributed by atoms with van der Waals surface area (Å²) in [4.78, 5) is 13.5. The van der Waals surface area contributed by atoms with E-state index < -0.39 is 5.97 Å². The fraction of sp³-hybridized carbons (Fsp3) is 0. The molecule has 0 spiro atoms. The number of aromatic nitrogens is 1. The summed E-state index contributed by atoms with van der Waals surface area (Å²) in [5, 5.41) is 10.00. The van der Waals surface area contributed by atoms with Gasteiger partial charge in [-0.1, -0.05) is 0 Å². The zero-order valence-corrected chi connectivity index (χ0v) is 7.22. The van der Waals surface area contributed by atoms with Gasteiger partial charge in [0.2, 0.25) is 0 Å². The van der Waals surface area contributed by atoms with E-state index in [0.717, 1.165) is 0 Å². The van der Waals surface area contributed by atoms with Crippen molar-refractivity contribution >= 4 is 5.97 Å². The second-order valence-electron chi connectivity index (χ2n) is 1.42. The molecule has 1 heterocycles. The van der Waals surface area contributed by atoms with Gasteiger partial charge in [0.1, 0.15) is 0 Å². The average Bonchev–Trinajstić information content (AvgIpc) is 1.90. The maximum absolute atomic E-state index is 10.00. The van der Waals surface area contributed by atoms with E-state index in [0.29, 0.717) is 0 Å². The molecule has 0 aliphatic carbocycles. The van der Waals surface area contributed by atoms with E-state index >= 15 is 0 Å². The molecule has 0 saturated heterocycles. The summed E-state index contributed by atoms with van der Waals surface area (Å²) in [6.07, 6.45) is 1.38. The Kier molecular flexibility index (Phi) is 3.84. The van der Waals surface area contributed by atoms with E-state index in [1.165, 1.54) is 12.3 Å². The van der Waals surface area contributed by atoms with Crippen molar-refractivity contribution in [2.45, 2.75) is 0 Å². The van der Waals surface area contributed by atoms with Gasteiger partial charge in [-0.25, -0.2) is 0 Å². The Hall–Kier alpha value is -0.731. The van der Waals surface area contributed by atoms with Crippen LogP contribution in [0.25, 0.3) is 0 Å². The van der Waals surface area contributed by atoms with E-state index in [-0.39, 0.29) is 25.8 Å². The molecule has 3 nitrogen and oxygen atoms in total. The van der Waals surface area contributed by atoms with Crippen molar-refractivity contribution < 1.29 is 30.0 Å². The molecule has 0 aliphatic heterocycles. The van der Waals surface area contributed by atoms with E-state index in [1.54, 1.807) is 6.07 Å². The summed E-state index contributed by atoms with van der Waals surface area (Å²) in [6.45, 7) is 0. The first kappa shape index (κ1) is 9.27. The van der Waals surface area contributed by atoms with Gasteiger partial charge >= 0.3 is 20.1 Å². The zero-order chi connectivity index (χ0) is 6.69. The molecule has 4 heteroatoms. The summed E-state index contributed by atoms with van der Waals surface area (Å²) >= 11 is 0. The number of aromatic carboxylic acids is 1. The first-order valence-corrected chi connectivity index (χ1v) is 2.35. The van der Waals surface area contributed by atoms with Gasteiger partial charge in [-0.2, -0.15) is 12.1 Å². The number of rotatable bonds is 1. The van der Waals surface area contributed by atoms with Crippen molar-refractivity contribution in [2.24, 2.45) is 0 Å². The fourth-order valence-corrected chi connectivity index (χ4v) is 0.437. The molecule has 0 amide bonds. The summed E-state index contributed by atoms with van der Waals surface area (Å²) in [7, 11) is 0. The number of carbonyl (C=O) groups excluding carboxylic acids is 1. The second-order valence-corrected chi connectivity index (χ2v) is 1.42. The summed E-state index contributed by atoms with van der Waals surface area (Å²) in [5.41, 5.74) is -0.155. The predicted octanol–water partition coefficient (Wildman–Crippen LogP) is -0.757.